The molecule has 0 bridgehead atoms. The maximum absolute atomic E-state index is 12.1. The van der Waals surface area contributed by atoms with E-state index in [1.54, 1.807) is 24.9 Å². The fourth-order valence-electron chi connectivity index (χ4n) is 3.09. The molecule has 6 nitrogen and oxygen atoms in total. The summed E-state index contributed by atoms with van der Waals surface area (Å²) >= 11 is 0. The normalized spacial score (nSPS) is 11.1. The van der Waals surface area contributed by atoms with Crippen LogP contribution in [0, 0.1) is 0 Å². The Hall–Kier alpha value is -3.51. The number of pyridine rings is 1. The molecule has 0 saturated carbocycles. The molecule has 0 aliphatic heterocycles. The van der Waals surface area contributed by atoms with Gasteiger partial charge in [-0.1, -0.05) is 24.3 Å². The van der Waals surface area contributed by atoms with Crippen molar-refractivity contribution >= 4 is 0 Å². The number of benzene rings is 1. The predicted molar refractivity (Wildman–Crippen MR) is 107 cm³/mol. The first-order chi connectivity index (χ1) is 13.7. The Kier molecular flexibility index (Phi) is 5.12. The Morgan fingerprint density at radius 3 is 2.57 bits per heavy atom. The summed E-state index contributed by atoms with van der Waals surface area (Å²) in [6.07, 6.45) is 6.84. The van der Waals surface area contributed by atoms with E-state index in [0.29, 0.717) is 11.5 Å². The zero-order chi connectivity index (χ0) is 19.3. The monoisotopic (exact) mass is 372 g/mol. The van der Waals surface area contributed by atoms with Crippen molar-refractivity contribution in [2.75, 3.05) is 7.05 Å². The predicted octanol–water partition coefficient (Wildman–Crippen LogP) is 3.72. The number of hydrogen-bond donors (Lipinski definition) is 1. The molecule has 0 aliphatic carbocycles. The van der Waals surface area contributed by atoms with Crippen molar-refractivity contribution < 1.29 is 4.42 Å². The summed E-state index contributed by atoms with van der Waals surface area (Å²) in [7, 11) is 2.07. The Labute approximate surface area is 162 Å². The van der Waals surface area contributed by atoms with Crippen LogP contribution < -0.4 is 5.56 Å². The molecule has 4 rings (SSSR count). The summed E-state index contributed by atoms with van der Waals surface area (Å²) in [5.74, 6) is 0.546. The Balaban J connectivity index is 1.52. The van der Waals surface area contributed by atoms with E-state index in [0.717, 1.165) is 29.8 Å². The topological polar surface area (TPSA) is 75.0 Å². The molecule has 0 amide bonds. The Morgan fingerprint density at radius 1 is 1.04 bits per heavy atom. The number of hydrogen-bond acceptors (Lipinski definition) is 5. The molecule has 0 radical (unpaired) electrons. The van der Waals surface area contributed by atoms with Crippen LogP contribution in [-0.4, -0.2) is 26.9 Å². The van der Waals surface area contributed by atoms with Crippen molar-refractivity contribution in [2.24, 2.45) is 0 Å². The van der Waals surface area contributed by atoms with Gasteiger partial charge in [-0.15, -0.1) is 0 Å². The summed E-state index contributed by atoms with van der Waals surface area (Å²) in [6, 6.07) is 15.2. The minimum atomic E-state index is -0.187. The van der Waals surface area contributed by atoms with Crippen LogP contribution in [0.25, 0.3) is 22.6 Å². The third-order valence-corrected chi connectivity index (χ3v) is 4.41. The standard InChI is InChI=1S/C22H20N4O2/c1-26(14-17-8-10-28-15-17)13-16-4-6-18(7-5-16)22-24-20(11-21(27)25-22)19-3-2-9-23-12-19/h2-12,15H,13-14H2,1H3,(H,24,25,27). The highest BCUT2D eigenvalue weighted by atomic mass is 16.3. The average Bonchev–Trinajstić information content (AvgIpc) is 3.21. The second kappa shape index (κ2) is 8.02. The van der Waals surface area contributed by atoms with Crippen LogP contribution in [0.1, 0.15) is 11.1 Å². The van der Waals surface area contributed by atoms with Crippen LogP contribution in [0.2, 0.25) is 0 Å². The lowest BCUT2D eigenvalue weighted by Gasteiger charge is -2.15. The number of furan rings is 1. The second-order valence-corrected chi connectivity index (χ2v) is 6.72. The lowest BCUT2D eigenvalue weighted by atomic mass is 10.1. The van der Waals surface area contributed by atoms with Gasteiger partial charge in [0.2, 0.25) is 0 Å². The Bertz CT molecular complexity index is 1090. The fourth-order valence-corrected chi connectivity index (χ4v) is 3.09. The summed E-state index contributed by atoms with van der Waals surface area (Å²) in [6.45, 7) is 1.63. The lowest BCUT2D eigenvalue weighted by Crippen LogP contribution is -2.16. The van der Waals surface area contributed by atoms with Gasteiger partial charge in [-0.2, -0.15) is 0 Å². The van der Waals surface area contributed by atoms with Gasteiger partial charge >= 0.3 is 0 Å². The maximum Gasteiger partial charge on any atom is 0.251 e. The largest absolute Gasteiger partial charge is 0.472 e. The molecular weight excluding hydrogens is 352 g/mol. The van der Waals surface area contributed by atoms with E-state index in [-0.39, 0.29) is 5.56 Å². The van der Waals surface area contributed by atoms with Crippen LogP contribution in [0.15, 0.2) is 82.7 Å². The molecule has 0 saturated heterocycles. The third-order valence-electron chi connectivity index (χ3n) is 4.41. The molecule has 0 aliphatic rings. The second-order valence-electron chi connectivity index (χ2n) is 6.72. The molecular formula is C22H20N4O2. The summed E-state index contributed by atoms with van der Waals surface area (Å²) < 4.78 is 5.12. The minimum Gasteiger partial charge on any atom is -0.472 e. The lowest BCUT2D eigenvalue weighted by molar-refractivity contribution is 0.318. The van der Waals surface area contributed by atoms with E-state index in [1.165, 1.54) is 11.6 Å². The van der Waals surface area contributed by atoms with E-state index < -0.39 is 0 Å². The highest BCUT2D eigenvalue weighted by Gasteiger charge is 2.08. The molecule has 0 spiro atoms. The molecule has 140 valence electrons. The smallest absolute Gasteiger partial charge is 0.251 e. The van der Waals surface area contributed by atoms with Crippen molar-refractivity contribution in [1.29, 1.82) is 0 Å². The van der Waals surface area contributed by atoms with Crippen molar-refractivity contribution in [1.82, 2.24) is 19.9 Å². The number of H-pyrrole nitrogens is 1. The van der Waals surface area contributed by atoms with Crippen molar-refractivity contribution in [3.8, 4) is 22.6 Å². The average molecular weight is 372 g/mol. The number of nitrogens with one attached hydrogen (secondary N) is 1. The van der Waals surface area contributed by atoms with E-state index in [4.69, 9.17) is 4.42 Å². The summed E-state index contributed by atoms with van der Waals surface area (Å²) in [5, 5.41) is 0. The zero-order valence-corrected chi connectivity index (χ0v) is 15.5. The molecule has 3 aromatic heterocycles. The zero-order valence-electron chi connectivity index (χ0n) is 15.5. The maximum atomic E-state index is 12.1. The van der Waals surface area contributed by atoms with Crippen LogP contribution in [-0.2, 0) is 13.1 Å². The van der Waals surface area contributed by atoms with E-state index in [1.807, 2.05) is 30.3 Å². The number of nitrogens with zero attached hydrogens (tertiary/aromatic N) is 3. The first-order valence-corrected chi connectivity index (χ1v) is 8.98. The van der Waals surface area contributed by atoms with Gasteiger partial charge in [0, 0.05) is 48.2 Å². The molecule has 6 heteroatoms. The fraction of sp³-hybridized carbons (Fsp3) is 0.136. The van der Waals surface area contributed by atoms with Gasteiger partial charge in [-0.05, 0) is 30.8 Å². The quantitative estimate of drug-likeness (QED) is 0.558. The Morgan fingerprint density at radius 2 is 1.86 bits per heavy atom. The van der Waals surface area contributed by atoms with E-state index in [9.17, 15) is 4.79 Å². The molecule has 28 heavy (non-hydrogen) atoms. The molecule has 4 aromatic rings. The highest BCUT2D eigenvalue weighted by Crippen LogP contribution is 2.20. The molecule has 0 fully saturated rings. The van der Waals surface area contributed by atoms with Crippen LogP contribution in [0.3, 0.4) is 0 Å². The van der Waals surface area contributed by atoms with Crippen LogP contribution in [0.4, 0.5) is 0 Å². The minimum absolute atomic E-state index is 0.187. The molecule has 0 unspecified atom stereocenters. The third kappa shape index (κ3) is 4.24. The molecule has 1 N–H and O–H groups in total. The van der Waals surface area contributed by atoms with Crippen molar-refractivity contribution in [2.45, 2.75) is 13.1 Å². The molecule has 0 atom stereocenters. The van der Waals surface area contributed by atoms with Gasteiger partial charge in [0.1, 0.15) is 5.82 Å². The van der Waals surface area contributed by atoms with Crippen LogP contribution in [0.5, 0.6) is 0 Å². The van der Waals surface area contributed by atoms with Gasteiger partial charge in [0.15, 0.2) is 0 Å². The van der Waals surface area contributed by atoms with Crippen molar-refractivity contribution in [3.05, 3.63) is 94.9 Å². The first-order valence-electron chi connectivity index (χ1n) is 8.98. The van der Waals surface area contributed by atoms with E-state index >= 15 is 0 Å². The first kappa shape index (κ1) is 17.9. The molecule has 3 heterocycles. The molecule has 1 aromatic carbocycles. The van der Waals surface area contributed by atoms with E-state index in [2.05, 4.69) is 39.0 Å². The summed E-state index contributed by atoms with van der Waals surface area (Å²) in [4.78, 5) is 25.8. The van der Waals surface area contributed by atoms with Gasteiger partial charge in [0.05, 0.1) is 18.2 Å². The van der Waals surface area contributed by atoms with Gasteiger partial charge in [-0.3, -0.25) is 14.7 Å². The SMILES string of the molecule is CN(Cc1ccc(-c2nc(-c3cccnc3)cc(=O)[nH]2)cc1)Cc1ccoc1. The van der Waals surface area contributed by atoms with Crippen molar-refractivity contribution in [3.63, 3.8) is 0 Å². The highest BCUT2D eigenvalue weighted by molar-refractivity contribution is 5.62. The summed E-state index contributed by atoms with van der Waals surface area (Å²) in [5.41, 5.74) is 4.42. The number of rotatable bonds is 6. The van der Waals surface area contributed by atoms with Gasteiger partial charge in [0.25, 0.3) is 5.56 Å². The van der Waals surface area contributed by atoms with Gasteiger partial charge in [-0.25, -0.2) is 4.98 Å². The number of aromatic amines is 1. The van der Waals surface area contributed by atoms with Crippen LogP contribution >= 0.6 is 0 Å². The van der Waals surface area contributed by atoms with Gasteiger partial charge < -0.3 is 9.40 Å². The number of aromatic nitrogens is 3.